The van der Waals surface area contributed by atoms with Crippen LogP contribution in [0.2, 0.25) is 5.02 Å². The Morgan fingerprint density at radius 3 is 2.58 bits per heavy atom. The van der Waals surface area contributed by atoms with Crippen LogP contribution in [-0.4, -0.2) is 18.1 Å². The molecule has 0 aliphatic carbocycles. The summed E-state index contributed by atoms with van der Waals surface area (Å²) in [6.45, 7) is 8.07. The minimum absolute atomic E-state index is 0.0799. The van der Waals surface area contributed by atoms with Crippen molar-refractivity contribution in [1.29, 1.82) is 0 Å². The van der Waals surface area contributed by atoms with Crippen LogP contribution in [0.25, 0.3) is 0 Å². The van der Waals surface area contributed by atoms with Gasteiger partial charge in [-0.3, -0.25) is 4.79 Å². The zero-order chi connectivity index (χ0) is 14.4. The molecule has 1 rings (SSSR count). The molecule has 0 aliphatic rings. The lowest BCUT2D eigenvalue weighted by molar-refractivity contribution is -0.129. The van der Waals surface area contributed by atoms with E-state index in [2.05, 4.69) is 19.2 Å². The second-order valence-corrected chi connectivity index (χ2v) is 5.45. The second kappa shape index (κ2) is 7.39. The van der Waals surface area contributed by atoms with E-state index in [1.165, 1.54) is 0 Å². The molecule has 0 spiro atoms. The number of carbonyl (C=O) groups excluding carboxylic acids is 1. The zero-order valence-electron chi connectivity index (χ0n) is 11.9. The van der Waals surface area contributed by atoms with Crippen LogP contribution in [-0.2, 0) is 4.79 Å². The van der Waals surface area contributed by atoms with Crippen LogP contribution in [0.4, 0.5) is 0 Å². The van der Waals surface area contributed by atoms with E-state index in [4.69, 9.17) is 16.3 Å². The molecular formula is C15H22ClNO2. The number of amides is 1. The van der Waals surface area contributed by atoms with Crippen molar-refractivity contribution in [3.63, 3.8) is 0 Å². The van der Waals surface area contributed by atoms with E-state index in [0.717, 1.165) is 0 Å². The topological polar surface area (TPSA) is 38.3 Å². The Morgan fingerprint density at radius 2 is 2.05 bits per heavy atom. The molecule has 0 bridgehead atoms. The van der Waals surface area contributed by atoms with Gasteiger partial charge >= 0.3 is 0 Å². The van der Waals surface area contributed by atoms with Gasteiger partial charge in [-0.25, -0.2) is 0 Å². The minimum Gasteiger partial charge on any atom is -0.481 e. The van der Waals surface area contributed by atoms with Gasteiger partial charge < -0.3 is 10.1 Å². The molecule has 0 saturated carbocycles. The summed E-state index contributed by atoms with van der Waals surface area (Å²) < 4.78 is 5.69. The minimum atomic E-state index is -0.486. The van der Waals surface area contributed by atoms with E-state index in [0.29, 0.717) is 23.1 Å². The third-order valence-electron chi connectivity index (χ3n) is 3.11. The molecule has 0 radical (unpaired) electrons. The maximum absolute atomic E-state index is 12.1. The number of nitrogens with one attached hydrogen (secondary N) is 1. The first-order valence-electron chi connectivity index (χ1n) is 6.66. The lowest BCUT2D eigenvalue weighted by atomic mass is 10.1. The lowest BCUT2D eigenvalue weighted by Gasteiger charge is -2.22. The molecule has 2 unspecified atom stereocenters. The Labute approximate surface area is 120 Å². The summed E-state index contributed by atoms with van der Waals surface area (Å²) in [7, 11) is 0. The van der Waals surface area contributed by atoms with Crippen LogP contribution in [0.3, 0.4) is 0 Å². The summed E-state index contributed by atoms with van der Waals surface area (Å²) in [5.74, 6) is 0.933. The molecular weight excluding hydrogens is 262 g/mol. The Hall–Kier alpha value is -1.22. The molecule has 0 heterocycles. The third-order valence-corrected chi connectivity index (χ3v) is 3.34. The summed E-state index contributed by atoms with van der Waals surface area (Å²) >= 11 is 5.90. The van der Waals surface area contributed by atoms with Crippen molar-refractivity contribution >= 4 is 17.5 Å². The quantitative estimate of drug-likeness (QED) is 0.865. The number of hydrogen-bond donors (Lipinski definition) is 1. The molecule has 19 heavy (non-hydrogen) atoms. The van der Waals surface area contributed by atoms with E-state index in [1.807, 2.05) is 13.8 Å². The summed E-state index contributed by atoms with van der Waals surface area (Å²) in [5, 5.41) is 3.57. The van der Waals surface area contributed by atoms with Gasteiger partial charge in [0.15, 0.2) is 6.10 Å². The van der Waals surface area contributed by atoms with Gasteiger partial charge in [-0.15, -0.1) is 0 Å². The number of carbonyl (C=O) groups is 1. The van der Waals surface area contributed by atoms with Crippen molar-refractivity contribution in [2.45, 2.75) is 46.3 Å². The van der Waals surface area contributed by atoms with Gasteiger partial charge in [-0.05, 0) is 37.5 Å². The van der Waals surface area contributed by atoms with Crippen LogP contribution >= 0.6 is 11.6 Å². The van der Waals surface area contributed by atoms with Crippen molar-refractivity contribution < 1.29 is 9.53 Å². The molecule has 0 aliphatic heterocycles. The summed E-state index contributed by atoms with van der Waals surface area (Å²) in [4.78, 5) is 12.1. The van der Waals surface area contributed by atoms with Gasteiger partial charge in [0.2, 0.25) is 0 Å². The SMILES string of the molecule is CCC(Oc1cccc(Cl)c1)C(=O)NC(C)C(C)C. The summed E-state index contributed by atoms with van der Waals surface area (Å²) in [6.07, 6.45) is 0.128. The maximum atomic E-state index is 12.1. The number of rotatable bonds is 6. The molecule has 1 aromatic rings. The molecule has 1 amide bonds. The number of halogens is 1. The predicted molar refractivity (Wildman–Crippen MR) is 78.6 cm³/mol. The fourth-order valence-electron chi connectivity index (χ4n) is 1.51. The second-order valence-electron chi connectivity index (χ2n) is 5.01. The van der Waals surface area contributed by atoms with Gasteiger partial charge in [0.05, 0.1) is 0 Å². The van der Waals surface area contributed by atoms with Crippen molar-refractivity contribution in [2.75, 3.05) is 0 Å². The van der Waals surface area contributed by atoms with Gasteiger partial charge in [0, 0.05) is 11.1 Å². The van der Waals surface area contributed by atoms with Crippen LogP contribution in [0, 0.1) is 5.92 Å². The number of ether oxygens (including phenoxy) is 1. The highest BCUT2D eigenvalue weighted by Gasteiger charge is 2.21. The Morgan fingerprint density at radius 1 is 1.37 bits per heavy atom. The molecule has 106 valence electrons. The van der Waals surface area contributed by atoms with Crippen LogP contribution in [0.5, 0.6) is 5.75 Å². The smallest absolute Gasteiger partial charge is 0.261 e. The Kier molecular flexibility index (Phi) is 6.16. The van der Waals surface area contributed by atoms with Crippen LogP contribution in [0.15, 0.2) is 24.3 Å². The van der Waals surface area contributed by atoms with Crippen LogP contribution in [0.1, 0.15) is 34.1 Å². The molecule has 0 fully saturated rings. The van der Waals surface area contributed by atoms with Crippen molar-refractivity contribution in [3.8, 4) is 5.75 Å². The Bertz CT molecular complexity index is 420. The summed E-state index contributed by atoms with van der Waals surface area (Å²) in [5.41, 5.74) is 0. The molecule has 0 aromatic heterocycles. The number of hydrogen-bond acceptors (Lipinski definition) is 2. The van der Waals surface area contributed by atoms with Gasteiger partial charge in [0.1, 0.15) is 5.75 Å². The third kappa shape index (κ3) is 5.11. The molecule has 0 saturated heterocycles. The maximum Gasteiger partial charge on any atom is 0.261 e. The zero-order valence-corrected chi connectivity index (χ0v) is 12.7. The highest BCUT2D eigenvalue weighted by molar-refractivity contribution is 6.30. The number of benzene rings is 1. The average Bonchev–Trinajstić information content (AvgIpc) is 2.35. The first-order valence-corrected chi connectivity index (χ1v) is 7.04. The van der Waals surface area contributed by atoms with E-state index < -0.39 is 6.10 Å². The highest BCUT2D eigenvalue weighted by Crippen LogP contribution is 2.19. The van der Waals surface area contributed by atoms with Gasteiger partial charge in [-0.2, -0.15) is 0 Å². The first kappa shape index (κ1) is 15.8. The molecule has 4 heteroatoms. The Balaban J connectivity index is 2.65. The van der Waals surface area contributed by atoms with Crippen molar-refractivity contribution in [3.05, 3.63) is 29.3 Å². The molecule has 2 atom stereocenters. The van der Waals surface area contributed by atoms with E-state index >= 15 is 0 Å². The summed E-state index contributed by atoms with van der Waals surface area (Å²) in [6, 6.07) is 7.22. The fourth-order valence-corrected chi connectivity index (χ4v) is 1.69. The largest absolute Gasteiger partial charge is 0.481 e. The first-order chi connectivity index (χ1) is 8.93. The van der Waals surface area contributed by atoms with E-state index in [1.54, 1.807) is 24.3 Å². The monoisotopic (exact) mass is 283 g/mol. The van der Waals surface area contributed by atoms with Gasteiger partial charge in [0.25, 0.3) is 5.91 Å². The van der Waals surface area contributed by atoms with Crippen molar-refractivity contribution in [1.82, 2.24) is 5.32 Å². The van der Waals surface area contributed by atoms with Crippen molar-refractivity contribution in [2.24, 2.45) is 5.92 Å². The molecule has 1 aromatic carbocycles. The van der Waals surface area contributed by atoms with E-state index in [-0.39, 0.29) is 11.9 Å². The van der Waals surface area contributed by atoms with Crippen LogP contribution < -0.4 is 10.1 Å². The van der Waals surface area contributed by atoms with E-state index in [9.17, 15) is 4.79 Å². The normalized spacial score (nSPS) is 14.0. The lowest BCUT2D eigenvalue weighted by Crippen LogP contribution is -2.44. The average molecular weight is 284 g/mol. The predicted octanol–water partition coefficient (Wildman–Crippen LogP) is 3.66. The standard InChI is InChI=1S/C15H22ClNO2/c1-5-14(15(18)17-11(4)10(2)3)19-13-8-6-7-12(16)9-13/h6-11,14H,5H2,1-4H3,(H,17,18). The molecule has 1 N–H and O–H groups in total. The highest BCUT2D eigenvalue weighted by atomic mass is 35.5. The molecule has 3 nitrogen and oxygen atoms in total. The fraction of sp³-hybridized carbons (Fsp3) is 0.533. The van der Waals surface area contributed by atoms with Gasteiger partial charge in [-0.1, -0.05) is 38.4 Å².